The summed E-state index contributed by atoms with van der Waals surface area (Å²) in [5, 5.41) is 7.77. The summed E-state index contributed by atoms with van der Waals surface area (Å²) in [5.74, 6) is 1.62. The van der Waals surface area contributed by atoms with Crippen LogP contribution in [0.5, 0.6) is 0 Å². The van der Waals surface area contributed by atoms with Gasteiger partial charge in [0.05, 0.1) is 0 Å². The Morgan fingerprint density at radius 3 is 0.643 bits per heavy atom. The zero-order valence-corrected chi connectivity index (χ0v) is 39.2. The van der Waals surface area contributed by atoms with Gasteiger partial charge in [-0.25, -0.2) is 0 Å². The molecule has 1 aromatic rings. The highest BCUT2D eigenvalue weighted by molar-refractivity contribution is 5.53. The number of rotatable bonds is 46. The van der Waals surface area contributed by atoms with Gasteiger partial charge in [-0.3, -0.25) is 0 Å². The molecule has 0 bridgehead atoms. The Labute approximate surface area is 354 Å². The van der Waals surface area contributed by atoms with Crippen LogP contribution in [0.25, 0.3) is 0 Å². The summed E-state index contributed by atoms with van der Waals surface area (Å²) in [6, 6.07) is 9.36. The second kappa shape index (κ2) is 43.4. The largest absolute Gasteiger partial charge is 0.385 e. The molecule has 0 saturated heterocycles. The van der Waals surface area contributed by atoms with Crippen molar-refractivity contribution in [1.82, 2.24) is 0 Å². The molecule has 1 rings (SSSR count). The SMILES string of the molecule is CCCCCCCCCCCCC(CCCCCCCCCC)CNc1ccc(NCC(CCCCCCCCCC)CCCCCCCCCCCC)cc1. The Balaban J connectivity index is 2.51. The maximum atomic E-state index is 3.89. The summed E-state index contributed by atoms with van der Waals surface area (Å²) in [5.41, 5.74) is 2.61. The molecule has 330 valence electrons. The molecular formula is C54H104N2. The molecule has 1 aromatic carbocycles. The minimum atomic E-state index is 0.810. The molecule has 0 radical (unpaired) electrons. The molecule has 0 amide bonds. The zero-order chi connectivity index (χ0) is 40.3. The highest BCUT2D eigenvalue weighted by Gasteiger charge is 2.11. The smallest absolute Gasteiger partial charge is 0.0341 e. The predicted molar refractivity (Wildman–Crippen MR) is 258 cm³/mol. The van der Waals surface area contributed by atoms with E-state index in [-0.39, 0.29) is 0 Å². The van der Waals surface area contributed by atoms with E-state index in [1.54, 1.807) is 0 Å². The fraction of sp³-hybridized carbons (Fsp3) is 0.889. The topological polar surface area (TPSA) is 24.1 Å². The van der Waals surface area contributed by atoms with Crippen LogP contribution in [0.15, 0.2) is 24.3 Å². The van der Waals surface area contributed by atoms with E-state index in [1.807, 2.05) is 0 Å². The Hall–Kier alpha value is -1.18. The van der Waals surface area contributed by atoms with Crippen molar-refractivity contribution in [1.29, 1.82) is 0 Å². The van der Waals surface area contributed by atoms with E-state index in [1.165, 1.54) is 268 Å². The van der Waals surface area contributed by atoms with Gasteiger partial charge in [-0.15, -0.1) is 0 Å². The van der Waals surface area contributed by atoms with Crippen LogP contribution >= 0.6 is 0 Å². The van der Waals surface area contributed by atoms with Crippen LogP contribution in [0, 0.1) is 11.8 Å². The van der Waals surface area contributed by atoms with Gasteiger partial charge in [0.15, 0.2) is 0 Å². The van der Waals surface area contributed by atoms with Crippen LogP contribution in [-0.2, 0) is 0 Å². The van der Waals surface area contributed by atoms with Gasteiger partial charge < -0.3 is 10.6 Å². The average Bonchev–Trinajstić information content (AvgIpc) is 3.22. The quantitative estimate of drug-likeness (QED) is 0.0644. The van der Waals surface area contributed by atoms with Crippen LogP contribution < -0.4 is 10.6 Å². The van der Waals surface area contributed by atoms with Gasteiger partial charge in [-0.05, 0) is 61.8 Å². The van der Waals surface area contributed by atoms with E-state index in [0.29, 0.717) is 0 Å². The molecule has 2 heteroatoms. The van der Waals surface area contributed by atoms with E-state index < -0.39 is 0 Å². The van der Waals surface area contributed by atoms with Crippen LogP contribution in [0.2, 0.25) is 0 Å². The molecule has 0 aliphatic heterocycles. The first kappa shape index (κ1) is 52.8. The molecule has 2 nitrogen and oxygen atoms in total. The van der Waals surface area contributed by atoms with Crippen LogP contribution in [0.3, 0.4) is 0 Å². The highest BCUT2D eigenvalue weighted by atomic mass is 14.9. The van der Waals surface area contributed by atoms with Crippen molar-refractivity contribution < 1.29 is 0 Å². The Morgan fingerprint density at radius 2 is 0.446 bits per heavy atom. The van der Waals surface area contributed by atoms with Gasteiger partial charge in [0.2, 0.25) is 0 Å². The van der Waals surface area contributed by atoms with Crippen LogP contribution in [-0.4, -0.2) is 13.1 Å². The molecule has 0 aliphatic carbocycles. The van der Waals surface area contributed by atoms with E-state index in [9.17, 15) is 0 Å². The fourth-order valence-corrected chi connectivity index (χ4v) is 8.90. The molecule has 0 fully saturated rings. The van der Waals surface area contributed by atoms with Crippen molar-refractivity contribution in [2.24, 2.45) is 11.8 Å². The summed E-state index contributed by atoms with van der Waals surface area (Å²) in [6.07, 6.45) is 57.1. The standard InChI is InChI=1S/C54H104N2/c1-5-9-13-17-21-25-27-31-35-39-43-51(41-37-33-29-23-19-15-11-7-3)49-55-53-45-47-54(48-46-53)56-50-52(42-38-34-30-24-20-16-12-8-4)44-40-36-32-28-26-22-18-14-10-6-2/h45-48,51-52,55-56H,5-44,49-50H2,1-4H3. The molecule has 2 N–H and O–H groups in total. The van der Waals surface area contributed by atoms with Gasteiger partial charge in [0, 0.05) is 24.5 Å². The predicted octanol–water partition coefficient (Wildman–Crippen LogP) is 19.4. The molecular weight excluding hydrogens is 677 g/mol. The third kappa shape index (κ3) is 35.9. The van der Waals surface area contributed by atoms with Gasteiger partial charge in [0.25, 0.3) is 0 Å². The third-order valence-corrected chi connectivity index (χ3v) is 12.9. The summed E-state index contributed by atoms with van der Waals surface area (Å²) in [7, 11) is 0. The molecule has 0 heterocycles. The second-order valence-corrected chi connectivity index (χ2v) is 18.5. The molecule has 56 heavy (non-hydrogen) atoms. The molecule has 0 aliphatic rings. The van der Waals surface area contributed by atoms with Gasteiger partial charge >= 0.3 is 0 Å². The lowest BCUT2D eigenvalue weighted by Gasteiger charge is -2.20. The molecule has 2 atom stereocenters. The minimum Gasteiger partial charge on any atom is -0.385 e. The molecule has 2 unspecified atom stereocenters. The van der Waals surface area contributed by atoms with Crippen molar-refractivity contribution in [2.75, 3.05) is 23.7 Å². The lowest BCUT2D eigenvalue weighted by atomic mass is 9.93. The van der Waals surface area contributed by atoms with Crippen molar-refractivity contribution in [3.8, 4) is 0 Å². The first-order valence-corrected chi connectivity index (χ1v) is 26.3. The minimum absolute atomic E-state index is 0.810. The van der Waals surface area contributed by atoms with E-state index in [4.69, 9.17) is 0 Å². The van der Waals surface area contributed by atoms with Crippen LogP contribution in [0.1, 0.15) is 285 Å². The maximum Gasteiger partial charge on any atom is 0.0341 e. The van der Waals surface area contributed by atoms with Gasteiger partial charge in [-0.2, -0.15) is 0 Å². The fourth-order valence-electron chi connectivity index (χ4n) is 8.90. The number of unbranched alkanes of at least 4 members (excludes halogenated alkanes) is 32. The number of hydrogen-bond donors (Lipinski definition) is 2. The lowest BCUT2D eigenvalue weighted by Crippen LogP contribution is -2.16. The Kier molecular flexibility index (Phi) is 40.9. The van der Waals surface area contributed by atoms with Crippen LogP contribution in [0.4, 0.5) is 11.4 Å². The summed E-state index contributed by atoms with van der Waals surface area (Å²) < 4.78 is 0. The maximum absolute atomic E-state index is 3.89. The van der Waals surface area contributed by atoms with Gasteiger partial charge in [0.1, 0.15) is 0 Å². The summed E-state index contributed by atoms with van der Waals surface area (Å²) >= 11 is 0. The van der Waals surface area contributed by atoms with Crippen molar-refractivity contribution >= 4 is 11.4 Å². The van der Waals surface area contributed by atoms with Crippen molar-refractivity contribution in [3.05, 3.63) is 24.3 Å². The second-order valence-electron chi connectivity index (χ2n) is 18.5. The lowest BCUT2D eigenvalue weighted by molar-refractivity contribution is 0.417. The number of anilines is 2. The van der Waals surface area contributed by atoms with E-state index in [0.717, 1.165) is 24.9 Å². The summed E-state index contributed by atoms with van der Waals surface area (Å²) in [4.78, 5) is 0. The Bertz CT molecular complexity index is 793. The third-order valence-electron chi connectivity index (χ3n) is 12.9. The first-order chi connectivity index (χ1) is 27.7. The van der Waals surface area contributed by atoms with E-state index >= 15 is 0 Å². The average molecular weight is 781 g/mol. The normalized spacial score (nSPS) is 12.6. The zero-order valence-electron chi connectivity index (χ0n) is 39.2. The van der Waals surface area contributed by atoms with Crippen molar-refractivity contribution in [2.45, 2.75) is 285 Å². The molecule has 0 saturated carbocycles. The first-order valence-electron chi connectivity index (χ1n) is 26.3. The molecule has 0 spiro atoms. The number of hydrogen-bond acceptors (Lipinski definition) is 2. The number of nitrogens with one attached hydrogen (secondary N) is 2. The molecule has 0 aromatic heterocycles. The number of benzene rings is 1. The monoisotopic (exact) mass is 781 g/mol. The summed E-state index contributed by atoms with van der Waals surface area (Å²) in [6.45, 7) is 11.6. The highest BCUT2D eigenvalue weighted by Crippen LogP contribution is 2.24. The van der Waals surface area contributed by atoms with E-state index in [2.05, 4.69) is 62.6 Å². The van der Waals surface area contributed by atoms with Gasteiger partial charge in [-0.1, -0.05) is 259 Å². The van der Waals surface area contributed by atoms with Crippen molar-refractivity contribution in [3.63, 3.8) is 0 Å². The Morgan fingerprint density at radius 1 is 0.268 bits per heavy atom.